The maximum atomic E-state index is 10.2. The van der Waals surface area contributed by atoms with Crippen LogP contribution < -0.4 is 0 Å². The Morgan fingerprint density at radius 3 is 2.86 bits per heavy atom. The Morgan fingerprint density at radius 2 is 2.29 bits per heavy atom. The van der Waals surface area contributed by atoms with E-state index in [2.05, 4.69) is 26.8 Å². The first-order valence-corrected chi connectivity index (χ1v) is 5.35. The highest BCUT2D eigenvalue weighted by Gasteiger charge is 2.31. The number of allylic oxidation sites excluding steroid dienone is 4. The van der Waals surface area contributed by atoms with Crippen molar-refractivity contribution in [3.8, 4) is 0 Å². The minimum absolute atomic E-state index is 0.381. The van der Waals surface area contributed by atoms with Crippen LogP contribution in [0.1, 0.15) is 40.0 Å². The Labute approximate surface area is 86.9 Å². The summed E-state index contributed by atoms with van der Waals surface area (Å²) in [6.07, 6.45) is 10.2. The van der Waals surface area contributed by atoms with Gasteiger partial charge in [-0.2, -0.15) is 0 Å². The number of hydrogen-bond acceptors (Lipinski definition) is 1. The first-order valence-electron chi connectivity index (χ1n) is 5.35. The van der Waals surface area contributed by atoms with Crippen LogP contribution >= 0.6 is 0 Å². The molecule has 0 amide bonds. The van der Waals surface area contributed by atoms with Gasteiger partial charge in [-0.25, -0.2) is 0 Å². The fraction of sp³-hybridized carbons (Fsp3) is 0.615. The van der Waals surface area contributed by atoms with Crippen molar-refractivity contribution in [2.75, 3.05) is 0 Å². The van der Waals surface area contributed by atoms with Crippen LogP contribution in [0.25, 0.3) is 0 Å². The molecule has 0 aromatic rings. The van der Waals surface area contributed by atoms with Gasteiger partial charge in [0.25, 0.3) is 0 Å². The second kappa shape index (κ2) is 4.59. The molecule has 1 nitrogen and oxygen atoms in total. The molecule has 1 heteroatoms. The molecule has 0 saturated heterocycles. The maximum Gasteiger partial charge on any atom is 0.142 e. The van der Waals surface area contributed by atoms with Gasteiger partial charge in [0.2, 0.25) is 0 Å². The van der Waals surface area contributed by atoms with Crippen molar-refractivity contribution in [1.29, 1.82) is 0 Å². The van der Waals surface area contributed by atoms with Crippen LogP contribution in [0, 0.1) is 11.3 Å². The topological polar surface area (TPSA) is 17.1 Å². The molecule has 0 N–H and O–H groups in total. The number of carbonyl (C=O) groups is 1. The first kappa shape index (κ1) is 11.2. The van der Waals surface area contributed by atoms with Crippen molar-refractivity contribution in [3.63, 3.8) is 0 Å². The molecule has 0 saturated carbocycles. The van der Waals surface area contributed by atoms with Crippen molar-refractivity contribution in [1.82, 2.24) is 0 Å². The number of rotatable bonds is 3. The zero-order chi connectivity index (χ0) is 10.6. The third-order valence-corrected chi connectivity index (χ3v) is 3.33. The largest absolute Gasteiger partial charge is 0.299 e. The molecule has 0 heterocycles. The van der Waals surface area contributed by atoms with E-state index in [1.807, 2.05) is 6.08 Å². The molecule has 0 aromatic heterocycles. The van der Waals surface area contributed by atoms with Gasteiger partial charge in [-0.15, -0.1) is 0 Å². The van der Waals surface area contributed by atoms with E-state index < -0.39 is 0 Å². The average Bonchev–Trinajstić information content (AvgIpc) is 2.09. The van der Waals surface area contributed by atoms with Gasteiger partial charge in [0.05, 0.1) is 0 Å². The van der Waals surface area contributed by atoms with Crippen molar-refractivity contribution < 1.29 is 4.79 Å². The molecule has 1 unspecified atom stereocenters. The normalized spacial score (nSPS) is 26.2. The summed E-state index contributed by atoms with van der Waals surface area (Å²) >= 11 is 0. The molecular weight excluding hydrogens is 172 g/mol. The van der Waals surface area contributed by atoms with Crippen LogP contribution in [-0.4, -0.2) is 6.29 Å². The zero-order valence-corrected chi connectivity index (χ0v) is 9.42. The Bertz CT molecular complexity index is 258. The highest BCUT2D eigenvalue weighted by atomic mass is 16.1. The highest BCUT2D eigenvalue weighted by Crippen LogP contribution is 2.42. The lowest BCUT2D eigenvalue weighted by atomic mass is 9.67. The minimum Gasteiger partial charge on any atom is -0.299 e. The minimum atomic E-state index is 0.381. The summed E-state index contributed by atoms with van der Waals surface area (Å²) < 4.78 is 0. The van der Waals surface area contributed by atoms with Crippen LogP contribution in [0.3, 0.4) is 0 Å². The molecule has 1 atom stereocenters. The molecule has 1 aliphatic carbocycles. The average molecular weight is 192 g/mol. The Balaban J connectivity index is 2.70. The van der Waals surface area contributed by atoms with E-state index in [1.165, 1.54) is 18.4 Å². The van der Waals surface area contributed by atoms with Gasteiger partial charge in [0.15, 0.2) is 0 Å². The fourth-order valence-corrected chi connectivity index (χ4v) is 2.38. The summed E-state index contributed by atoms with van der Waals surface area (Å²) in [5, 5.41) is 0. The first-order chi connectivity index (χ1) is 6.58. The van der Waals surface area contributed by atoms with Gasteiger partial charge >= 0.3 is 0 Å². The quantitative estimate of drug-likeness (QED) is 0.380. The fourth-order valence-electron chi connectivity index (χ4n) is 2.38. The highest BCUT2D eigenvalue weighted by molar-refractivity contribution is 5.64. The van der Waals surface area contributed by atoms with Crippen molar-refractivity contribution in [3.05, 3.63) is 23.8 Å². The maximum absolute atomic E-state index is 10.2. The van der Waals surface area contributed by atoms with E-state index in [-0.39, 0.29) is 0 Å². The summed E-state index contributed by atoms with van der Waals surface area (Å²) in [5.74, 6) is 0.604. The molecule has 0 aliphatic heterocycles. The molecule has 1 aliphatic rings. The van der Waals surface area contributed by atoms with E-state index in [1.54, 1.807) is 6.08 Å². The van der Waals surface area contributed by atoms with Crippen molar-refractivity contribution in [2.24, 2.45) is 11.3 Å². The van der Waals surface area contributed by atoms with Gasteiger partial charge < -0.3 is 0 Å². The Hall–Kier alpha value is -0.850. The Kier molecular flexibility index (Phi) is 3.68. The summed E-state index contributed by atoms with van der Waals surface area (Å²) in [6, 6.07) is 0. The lowest BCUT2D eigenvalue weighted by Crippen LogP contribution is -2.27. The monoisotopic (exact) mass is 192 g/mol. The van der Waals surface area contributed by atoms with Gasteiger partial charge in [-0.05, 0) is 43.6 Å². The number of aldehydes is 1. The summed E-state index contributed by atoms with van der Waals surface area (Å²) in [4.78, 5) is 10.2. The molecule has 1 rings (SSSR count). The molecule has 14 heavy (non-hydrogen) atoms. The standard InChI is InChI=1S/C13H20O/c1-11-7-6-9-13(2,3)12(11)8-4-5-10-14/h4-5,7,10,12H,6,8-9H2,1-3H3. The third-order valence-electron chi connectivity index (χ3n) is 3.33. The molecule has 78 valence electrons. The van der Waals surface area contributed by atoms with Gasteiger partial charge in [-0.1, -0.05) is 31.6 Å². The van der Waals surface area contributed by atoms with Crippen molar-refractivity contribution >= 4 is 6.29 Å². The molecule has 0 spiro atoms. The van der Waals surface area contributed by atoms with E-state index in [0.717, 1.165) is 12.7 Å². The summed E-state index contributed by atoms with van der Waals surface area (Å²) in [7, 11) is 0. The van der Waals surface area contributed by atoms with E-state index in [4.69, 9.17) is 0 Å². The van der Waals surface area contributed by atoms with Gasteiger partial charge in [0.1, 0.15) is 6.29 Å². The molecule has 0 bridgehead atoms. The SMILES string of the molecule is CC1=CCCC(C)(C)C1CC=CC=O. The summed E-state index contributed by atoms with van der Waals surface area (Å²) in [6.45, 7) is 6.85. The second-order valence-corrected chi connectivity index (χ2v) is 4.83. The smallest absolute Gasteiger partial charge is 0.142 e. The number of hydrogen-bond donors (Lipinski definition) is 0. The Morgan fingerprint density at radius 1 is 1.57 bits per heavy atom. The molecular formula is C13H20O. The van der Waals surface area contributed by atoms with E-state index in [0.29, 0.717) is 11.3 Å². The van der Waals surface area contributed by atoms with Crippen molar-refractivity contribution in [2.45, 2.75) is 40.0 Å². The third kappa shape index (κ3) is 2.57. The number of carbonyl (C=O) groups excluding carboxylic acids is 1. The van der Waals surface area contributed by atoms with Crippen LogP contribution in [-0.2, 0) is 4.79 Å². The molecule has 0 fully saturated rings. The van der Waals surface area contributed by atoms with Crippen LogP contribution in [0.2, 0.25) is 0 Å². The molecule has 0 radical (unpaired) electrons. The summed E-state index contributed by atoms with van der Waals surface area (Å²) in [5.41, 5.74) is 1.86. The lowest BCUT2D eigenvalue weighted by molar-refractivity contribution is -0.104. The van der Waals surface area contributed by atoms with E-state index >= 15 is 0 Å². The van der Waals surface area contributed by atoms with E-state index in [9.17, 15) is 4.79 Å². The molecule has 0 aromatic carbocycles. The van der Waals surface area contributed by atoms with Gasteiger partial charge in [0, 0.05) is 0 Å². The van der Waals surface area contributed by atoms with Gasteiger partial charge in [-0.3, -0.25) is 4.79 Å². The second-order valence-electron chi connectivity index (χ2n) is 4.83. The van der Waals surface area contributed by atoms with Crippen LogP contribution in [0.4, 0.5) is 0 Å². The lowest BCUT2D eigenvalue weighted by Gasteiger charge is -2.38. The predicted molar refractivity (Wildman–Crippen MR) is 60.1 cm³/mol. The zero-order valence-electron chi connectivity index (χ0n) is 9.42. The van der Waals surface area contributed by atoms with Crippen LogP contribution in [0.5, 0.6) is 0 Å². The van der Waals surface area contributed by atoms with Crippen LogP contribution in [0.15, 0.2) is 23.8 Å². The predicted octanol–water partition coefficient (Wildman–Crippen LogP) is 3.51.